The third kappa shape index (κ3) is 10.1. The van der Waals surface area contributed by atoms with E-state index in [4.69, 9.17) is 9.05 Å². The molecule has 0 aliphatic heterocycles. The molecule has 0 radical (unpaired) electrons. The molecule has 0 aliphatic carbocycles. The molecular weight excluding hydrogens is 563 g/mol. The zero-order valence-corrected chi connectivity index (χ0v) is 29.2. The molecule has 0 amide bonds. The van der Waals surface area contributed by atoms with E-state index in [1.54, 1.807) is 0 Å². The summed E-state index contributed by atoms with van der Waals surface area (Å²) >= 11 is 0. The molecule has 2 rings (SSSR count). The first kappa shape index (κ1) is 37.1. The van der Waals surface area contributed by atoms with E-state index in [0.717, 1.165) is 11.1 Å². The van der Waals surface area contributed by atoms with E-state index in [1.165, 1.54) is 0 Å². The van der Waals surface area contributed by atoms with Crippen LogP contribution >= 0.6 is 15.6 Å². The standard InChI is InChI=1S/C29H46O8P2.Mg.2H/c1-26(2,3)20-14-18(24(36-38(30,31)32)22(16-20)28(7,8)9)13-19-15-21(27(4,5)6)17-23(29(10,11)12)25(19)37-39(33,34)35;;;/h14-17H,13H2,1-12H3,(H2,30,31,32)(H2,33,34,35);;;/q;+2;2*-1. The summed E-state index contributed by atoms with van der Waals surface area (Å²) in [5.41, 5.74) is 2.40. The van der Waals surface area contributed by atoms with Crippen LogP contribution in [0.3, 0.4) is 0 Å². The van der Waals surface area contributed by atoms with Crippen LogP contribution in [-0.2, 0) is 37.2 Å². The summed E-state index contributed by atoms with van der Waals surface area (Å²) in [5.74, 6) is 0.119. The Bertz CT molecular complexity index is 1220. The fraction of sp³-hybridized carbons (Fsp3) is 0.586. The topological polar surface area (TPSA) is 134 Å². The summed E-state index contributed by atoms with van der Waals surface area (Å²) in [7, 11) is -9.89. The molecule has 0 aromatic heterocycles. The Morgan fingerprint density at radius 2 is 0.850 bits per heavy atom. The molecule has 0 saturated carbocycles. The fourth-order valence-corrected chi connectivity index (χ4v) is 5.19. The van der Waals surface area contributed by atoms with Crippen molar-refractivity contribution in [3.05, 3.63) is 57.6 Å². The fourth-order valence-electron chi connectivity index (χ4n) is 4.28. The number of hydrogen-bond acceptors (Lipinski definition) is 4. The largest absolute Gasteiger partial charge is 2.00 e. The first-order chi connectivity index (χ1) is 17.1. The summed E-state index contributed by atoms with van der Waals surface area (Å²) in [5, 5.41) is 0. The summed E-state index contributed by atoms with van der Waals surface area (Å²) in [6.07, 6.45) is 0.0602. The molecule has 0 bridgehead atoms. The number of phosphoric acid groups is 2. The third-order valence-corrected chi connectivity index (χ3v) is 7.32. The minimum atomic E-state index is -4.94. The molecule has 224 valence electrons. The van der Waals surface area contributed by atoms with Crippen molar-refractivity contribution in [3.63, 3.8) is 0 Å². The number of benzene rings is 2. The second kappa shape index (κ2) is 12.0. The summed E-state index contributed by atoms with van der Waals surface area (Å²) in [4.78, 5) is 39.4. The van der Waals surface area contributed by atoms with Gasteiger partial charge in [0.2, 0.25) is 0 Å². The van der Waals surface area contributed by atoms with Crippen LogP contribution in [0.1, 0.15) is 119 Å². The molecule has 0 atom stereocenters. The minimum absolute atomic E-state index is 0. The molecule has 2 aromatic carbocycles. The van der Waals surface area contributed by atoms with Crippen molar-refractivity contribution in [1.29, 1.82) is 0 Å². The first-order valence-corrected chi connectivity index (χ1v) is 16.0. The van der Waals surface area contributed by atoms with Crippen molar-refractivity contribution in [1.82, 2.24) is 0 Å². The van der Waals surface area contributed by atoms with Crippen LogP contribution < -0.4 is 9.05 Å². The number of phosphoric ester groups is 2. The van der Waals surface area contributed by atoms with Gasteiger partial charge in [-0.2, -0.15) is 0 Å². The zero-order valence-electron chi connectivity index (χ0n) is 28.0. The predicted octanol–water partition coefficient (Wildman–Crippen LogP) is 7.25. The van der Waals surface area contributed by atoms with Crippen molar-refractivity contribution >= 4 is 38.7 Å². The van der Waals surface area contributed by atoms with Crippen LogP contribution in [0.5, 0.6) is 11.5 Å². The smallest absolute Gasteiger partial charge is 1.00 e. The molecule has 8 nitrogen and oxygen atoms in total. The molecule has 2 aromatic rings. The van der Waals surface area contributed by atoms with E-state index in [-0.39, 0.29) is 54.7 Å². The maximum atomic E-state index is 12.1. The van der Waals surface area contributed by atoms with Gasteiger partial charge in [-0.05, 0) is 43.9 Å². The van der Waals surface area contributed by atoms with Crippen LogP contribution in [-0.4, -0.2) is 42.6 Å². The zero-order chi connectivity index (χ0) is 30.6. The van der Waals surface area contributed by atoms with Crippen LogP contribution in [0.25, 0.3) is 0 Å². The Balaban J connectivity index is 0. The summed E-state index contributed by atoms with van der Waals surface area (Å²) < 4.78 is 35.0. The summed E-state index contributed by atoms with van der Waals surface area (Å²) in [6.45, 7) is 23.9. The first-order valence-electron chi connectivity index (χ1n) is 13.0. The third-order valence-electron chi connectivity index (χ3n) is 6.48. The van der Waals surface area contributed by atoms with Gasteiger partial charge < -0.3 is 11.9 Å². The molecular formula is C29H48MgO8P2. The van der Waals surface area contributed by atoms with E-state index in [2.05, 4.69) is 0 Å². The molecule has 0 aliphatic rings. The van der Waals surface area contributed by atoms with E-state index in [1.807, 2.05) is 107 Å². The van der Waals surface area contributed by atoms with Gasteiger partial charge in [-0.25, -0.2) is 9.13 Å². The molecule has 0 fully saturated rings. The maximum Gasteiger partial charge on any atom is 2.00 e. The SMILES string of the molecule is CC(C)(C)c1cc(Cc2cc(C(C)(C)C)cc(C(C)(C)C)c2OP(=O)(O)O)c(OP(=O)(O)O)c(C(C)(C)C)c1.[H-].[H-].[Mg+2]. The Morgan fingerprint density at radius 1 is 0.575 bits per heavy atom. The van der Waals surface area contributed by atoms with Crippen molar-refractivity contribution < 1.29 is 40.6 Å². The maximum absolute atomic E-state index is 12.1. The van der Waals surface area contributed by atoms with E-state index >= 15 is 0 Å². The molecule has 40 heavy (non-hydrogen) atoms. The van der Waals surface area contributed by atoms with Gasteiger partial charge in [0.05, 0.1) is 0 Å². The average molecular weight is 611 g/mol. The van der Waals surface area contributed by atoms with E-state index in [9.17, 15) is 28.7 Å². The molecule has 0 heterocycles. The van der Waals surface area contributed by atoms with Crippen LogP contribution in [0, 0.1) is 0 Å². The number of hydrogen-bond donors (Lipinski definition) is 4. The Hall–Kier alpha value is -0.894. The second-order valence-corrected chi connectivity index (χ2v) is 16.7. The van der Waals surface area contributed by atoms with Crippen LogP contribution in [0.2, 0.25) is 0 Å². The van der Waals surface area contributed by atoms with Gasteiger partial charge in [0.1, 0.15) is 11.5 Å². The van der Waals surface area contributed by atoms with Gasteiger partial charge in [0.15, 0.2) is 0 Å². The van der Waals surface area contributed by atoms with Gasteiger partial charge >= 0.3 is 38.7 Å². The van der Waals surface area contributed by atoms with E-state index < -0.39 is 26.5 Å². The predicted molar refractivity (Wildman–Crippen MR) is 164 cm³/mol. The monoisotopic (exact) mass is 610 g/mol. The van der Waals surface area contributed by atoms with Gasteiger partial charge in [-0.3, -0.25) is 19.6 Å². The Labute approximate surface area is 258 Å². The van der Waals surface area contributed by atoms with Gasteiger partial charge in [0.25, 0.3) is 0 Å². The second-order valence-electron chi connectivity index (χ2n) is 14.4. The van der Waals surface area contributed by atoms with Crippen molar-refractivity contribution in [2.24, 2.45) is 0 Å². The van der Waals surface area contributed by atoms with Gasteiger partial charge in [-0.1, -0.05) is 107 Å². The average Bonchev–Trinajstić information content (AvgIpc) is 2.64. The molecule has 0 spiro atoms. The molecule has 0 unspecified atom stereocenters. The molecule has 4 N–H and O–H groups in total. The normalized spacial score (nSPS) is 13.6. The van der Waals surface area contributed by atoms with Crippen LogP contribution in [0.4, 0.5) is 0 Å². The molecule has 11 heteroatoms. The van der Waals surface area contributed by atoms with Crippen molar-refractivity contribution in [2.75, 3.05) is 0 Å². The Kier molecular flexibility index (Phi) is 11.1. The Morgan fingerprint density at radius 3 is 1.05 bits per heavy atom. The molecule has 0 saturated heterocycles. The van der Waals surface area contributed by atoms with Crippen molar-refractivity contribution in [3.8, 4) is 11.5 Å². The van der Waals surface area contributed by atoms with Gasteiger partial charge in [-0.15, -0.1) is 0 Å². The minimum Gasteiger partial charge on any atom is -1.00 e. The number of rotatable bonds is 6. The van der Waals surface area contributed by atoms with Crippen LogP contribution in [0.15, 0.2) is 24.3 Å². The summed E-state index contributed by atoms with van der Waals surface area (Å²) in [6, 6.07) is 7.52. The quantitative estimate of drug-likeness (QED) is 0.198. The van der Waals surface area contributed by atoms with Gasteiger partial charge in [0, 0.05) is 17.5 Å². The van der Waals surface area contributed by atoms with E-state index in [0.29, 0.717) is 22.3 Å². The van der Waals surface area contributed by atoms with Crippen molar-refractivity contribution in [2.45, 2.75) is 111 Å².